The van der Waals surface area contributed by atoms with E-state index in [1.54, 1.807) is 0 Å². The Morgan fingerprint density at radius 1 is 0.286 bits per heavy atom. The van der Waals surface area contributed by atoms with Gasteiger partial charge in [0.2, 0.25) is 0 Å². The van der Waals surface area contributed by atoms with Crippen LogP contribution in [0.3, 0.4) is 0 Å². The molecule has 13 rings (SSSR count). The summed E-state index contributed by atoms with van der Waals surface area (Å²) in [5.41, 5.74) is 14.7. The van der Waals surface area contributed by atoms with Crippen LogP contribution in [-0.2, 0) is 5.41 Å². The van der Waals surface area contributed by atoms with Gasteiger partial charge in [-0.15, -0.1) is 0 Å². The van der Waals surface area contributed by atoms with Crippen molar-refractivity contribution in [1.29, 1.82) is 0 Å². The molecule has 63 heavy (non-hydrogen) atoms. The Morgan fingerprint density at radius 3 is 1.49 bits per heavy atom. The van der Waals surface area contributed by atoms with Gasteiger partial charge in [-0.25, -0.2) is 0 Å². The van der Waals surface area contributed by atoms with Crippen LogP contribution in [0.15, 0.2) is 237 Å². The Labute approximate surface area is 366 Å². The minimum absolute atomic E-state index is 0.620. The third-order valence-electron chi connectivity index (χ3n) is 13.5. The third kappa shape index (κ3) is 5.38. The van der Waals surface area contributed by atoms with Crippen LogP contribution in [0, 0.1) is 0 Å². The molecule has 0 aromatic heterocycles. The molecule has 294 valence electrons. The standard InChI is InChI=1S/C61H39NO/c1-2-14-40(15-3-1)45-20-12-22-48(36-45)62(50-32-28-41-16-4-5-19-44(41)37-50)49-23-13-21-46(38-49)47-29-33-54-53-26-10-11-27-55(53)61(58(54)39-47)56-34-30-42-17-6-8-24-51(42)59(56)63-60-52-25-9-7-18-43(52)31-35-57(60)61/h1-39H. The van der Waals surface area contributed by atoms with E-state index in [2.05, 4.69) is 241 Å². The molecule has 2 heteroatoms. The van der Waals surface area contributed by atoms with Gasteiger partial charge < -0.3 is 9.64 Å². The van der Waals surface area contributed by atoms with Crippen molar-refractivity contribution in [1.82, 2.24) is 0 Å². The average Bonchev–Trinajstić information content (AvgIpc) is 3.64. The van der Waals surface area contributed by atoms with Crippen molar-refractivity contribution in [2.75, 3.05) is 4.90 Å². The van der Waals surface area contributed by atoms with Gasteiger partial charge >= 0.3 is 0 Å². The molecule has 2 aliphatic rings. The topological polar surface area (TPSA) is 12.5 Å². The summed E-state index contributed by atoms with van der Waals surface area (Å²) < 4.78 is 7.22. The number of benzene rings is 11. The van der Waals surface area contributed by atoms with E-state index in [0.29, 0.717) is 0 Å². The van der Waals surface area contributed by atoms with E-state index in [1.165, 1.54) is 55.3 Å². The zero-order valence-electron chi connectivity index (χ0n) is 34.4. The number of nitrogens with zero attached hydrogens (tertiary/aromatic N) is 1. The van der Waals surface area contributed by atoms with E-state index < -0.39 is 5.41 Å². The summed E-state index contributed by atoms with van der Waals surface area (Å²) in [7, 11) is 0. The molecule has 1 heterocycles. The van der Waals surface area contributed by atoms with Gasteiger partial charge in [-0.1, -0.05) is 194 Å². The van der Waals surface area contributed by atoms with Crippen LogP contribution in [0.4, 0.5) is 17.1 Å². The summed E-state index contributed by atoms with van der Waals surface area (Å²) in [5.74, 6) is 1.85. The molecular weight excluding hydrogens is 763 g/mol. The molecule has 0 atom stereocenters. The molecule has 0 bridgehead atoms. The summed E-state index contributed by atoms with van der Waals surface area (Å²) in [4.78, 5) is 2.40. The van der Waals surface area contributed by atoms with Gasteiger partial charge in [-0.3, -0.25) is 0 Å². The van der Waals surface area contributed by atoms with Crippen LogP contribution in [0.1, 0.15) is 22.3 Å². The maximum absolute atomic E-state index is 7.22. The van der Waals surface area contributed by atoms with Crippen molar-refractivity contribution in [3.05, 3.63) is 259 Å². The first kappa shape index (κ1) is 35.5. The number of anilines is 3. The Balaban J connectivity index is 1.03. The Morgan fingerprint density at radius 2 is 0.794 bits per heavy atom. The Kier molecular flexibility index (Phi) is 7.85. The molecule has 11 aromatic rings. The summed E-state index contributed by atoms with van der Waals surface area (Å²) in [6.45, 7) is 0. The van der Waals surface area contributed by atoms with Gasteiger partial charge in [0.15, 0.2) is 0 Å². The highest BCUT2D eigenvalue weighted by Gasteiger charge is 2.52. The van der Waals surface area contributed by atoms with Gasteiger partial charge in [0.1, 0.15) is 11.5 Å². The fraction of sp³-hybridized carbons (Fsp3) is 0.0164. The lowest BCUT2D eigenvalue weighted by molar-refractivity contribution is 0.447. The van der Waals surface area contributed by atoms with E-state index >= 15 is 0 Å². The van der Waals surface area contributed by atoms with Crippen LogP contribution in [-0.4, -0.2) is 0 Å². The van der Waals surface area contributed by atoms with Gasteiger partial charge in [0.25, 0.3) is 0 Å². The zero-order chi connectivity index (χ0) is 41.5. The van der Waals surface area contributed by atoms with Crippen molar-refractivity contribution in [3.8, 4) is 44.9 Å². The second-order valence-corrected chi connectivity index (χ2v) is 16.8. The van der Waals surface area contributed by atoms with Crippen molar-refractivity contribution in [3.63, 3.8) is 0 Å². The van der Waals surface area contributed by atoms with Crippen molar-refractivity contribution >= 4 is 49.4 Å². The van der Waals surface area contributed by atoms with Crippen molar-refractivity contribution in [2.45, 2.75) is 5.41 Å². The highest BCUT2D eigenvalue weighted by Crippen LogP contribution is 2.64. The van der Waals surface area contributed by atoms with Gasteiger partial charge in [-0.05, 0) is 109 Å². The first-order chi connectivity index (χ1) is 31.2. The number of ether oxygens (including phenoxy) is 1. The third-order valence-corrected chi connectivity index (χ3v) is 13.5. The summed E-state index contributed by atoms with van der Waals surface area (Å²) >= 11 is 0. The number of hydrogen-bond donors (Lipinski definition) is 0. The molecule has 0 radical (unpaired) electrons. The quantitative estimate of drug-likeness (QED) is 0.172. The first-order valence-electron chi connectivity index (χ1n) is 21.7. The smallest absolute Gasteiger partial charge is 0.140 e. The van der Waals surface area contributed by atoms with Crippen molar-refractivity contribution in [2.24, 2.45) is 0 Å². The van der Waals surface area contributed by atoms with Gasteiger partial charge in [0, 0.05) is 39.0 Å². The lowest BCUT2D eigenvalue weighted by atomic mass is 9.65. The second-order valence-electron chi connectivity index (χ2n) is 16.8. The fourth-order valence-corrected chi connectivity index (χ4v) is 10.6. The lowest BCUT2D eigenvalue weighted by Crippen LogP contribution is -2.32. The van der Waals surface area contributed by atoms with Crippen LogP contribution in [0.5, 0.6) is 11.5 Å². The number of hydrogen-bond acceptors (Lipinski definition) is 2. The lowest BCUT2D eigenvalue weighted by Gasteiger charge is -2.40. The molecule has 0 N–H and O–H groups in total. The Bertz CT molecular complexity index is 3540. The molecule has 0 unspecified atom stereocenters. The maximum Gasteiger partial charge on any atom is 0.140 e. The van der Waals surface area contributed by atoms with E-state index in [4.69, 9.17) is 4.74 Å². The molecule has 1 spiro atoms. The second kappa shape index (κ2) is 13.9. The Hall–Kier alpha value is -8.20. The SMILES string of the molecule is c1ccc(-c2cccc(N(c3cccc(-c4ccc5c(c4)C4(c6ccccc6-5)c5ccc6ccccc6c5Oc5c4ccc4ccccc54)c3)c3ccc4ccccc4c3)c2)cc1. The minimum Gasteiger partial charge on any atom is -0.455 e. The largest absolute Gasteiger partial charge is 0.455 e. The zero-order valence-corrected chi connectivity index (χ0v) is 34.4. The number of fused-ring (bicyclic) bond motifs is 14. The molecule has 2 nitrogen and oxygen atoms in total. The van der Waals surface area contributed by atoms with Crippen LogP contribution in [0.2, 0.25) is 0 Å². The van der Waals surface area contributed by atoms with Crippen LogP contribution >= 0.6 is 0 Å². The average molecular weight is 802 g/mol. The van der Waals surface area contributed by atoms with E-state index in [9.17, 15) is 0 Å². The van der Waals surface area contributed by atoms with E-state index in [0.717, 1.165) is 61.2 Å². The normalized spacial score (nSPS) is 13.0. The molecule has 0 fully saturated rings. The minimum atomic E-state index is -0.620. The summed E-state index contributed by atoms with van der Waals surface area (Å²) in [6.07, 6.45) is 0. The molecule has 0 saturated carbocycles. The molecule has 1 aliphatic carbocycles. The van der Waals surface area contributed by atoms with Gasteiger partial charge in [-0.2, -0.15) is 0 Å². The predicted octanol–water partition coefficient (Wildman–Crippen LogP) is 16.4. The predicted molar refractivity (Wildman–Crippen MR) is 262 cm³/mol. The molecule has 0 saturated heterocycles. The maximum atomic E-state index is 7.22. The first-order valence-corrected chi connectivity index (χ1v) is 21.7. The molecular formula is C61H39NO. The van der Waals surface area contributed by atoms with Crippen LogP contribution < -0.4 is 9.64 Å². The number of rotatable bonds is 5. The highest BCUT2D eigenvalue weighted by molar-refractivity contribution is 6.00. The summed E-state index contributed by atoms with van der Waals surface area (Å²) in [6, 6.07) is 86.5. The van der Waals surface area contributed by atoms with Crippen molar-refractivity contribution < 1.29 is 4.74 Å². The highest BCUT2D eigenvalue weighted by atomic mass is 16.5. The summed E-state index contributed by atoms with van der Waals surface area (Å²) in [5, 5.41) is 6.99. The monoisotopic (exact) mass is 801 g/mol. The molecule has 0 amide bonds. The molecule has 11 aromatic carbocycles. The fourth-order valence-electron chi connectivity index (χ4n) is 10.6. The van der Waals surface area contributed by atoms with Gasteiger partial charge in [0.05, 0.1) is 5.41 Å². The molecule has 1 aliphatic heterocycles. The van der Waals surface area contributed by atoms with E-state index in [1.807, 2.05) is 0 Å². The van der Waals surface area contributed by atoms with Crippen LogP contribution in [0.25, 0.3) is 65.7 Å². The van der Waals surface area contributed by atoms with E-state index in [-0.39, 0.29) is 0 Å².